The summed E-state index contributed by atoms with van der Waals surface area (Å²) in [6, 6.07) is 4.07. The summed E-state index contributed by atoms with van der Waals surface area (Å²) in [5.41, 5.74) is 7.64. The molecule has 1 fully saturated rings. The Morgan fingerprint density at radius 3 is 2.57 bits per heavy atom. The minimum absolute atomic E-state index is 0.172. The number of aromatic nitrogens is 3. The first-order valence-corrected chi connectivity index (χ1v) is 7.20. The first-order chi connectivity index (χ1) is 10.2. The Bertz CT molecular complexity index is 596. The molecule has 6 nitrogen and oxygen atoms in total. The monoisotopic (exact) mass is 285 g/mol. The van der Waals surface area contributed by atoms with Gasteiger partial charge < -0.3 is 16.2 Å². The molecule has 0 aromatic carbocycles. The molecule has 0 amide bonds. The molecule has 0 radical (unpaired) electrons. The molecule has 2 aromatic rings. The lowest BCUT2D eigenvalue weighted by molar-refractivity contribution is 0.126. The van der Waals surface area contributed by atoms with E-state index in [-0.39, 0.29) is 12.1 Å². The molecule has 1 aliphatic carbocycles. The van der Waals surface area contributed by atoms with Gasteiger partial charge in [0.05, 0.1) is 18.0 Å². The molecule has 0 spiro atoms. The van der Waals surface area contributed by atoms with Crippen LogP contribution in [0, 0.1) is 0 Å². The zero-order valence-corrected chi connectivity index (χ0v) is 11.7. The van der Waals surface area contributed by atoms with E-state index in [2.05, 4.69) is 20.3 Å². The van der Waals surface area contributed by atoms with Crippen molar-refractivity contribution >= 4 is 11.6 Å². The van der Waals surface area contributed by atoms with Crippen LogP contribution in [-0.2, 0) is 0 Å². The van der Waals surface area contributed by atoms with E-state index in [0.717, 1.165) is 36.9 Å². The number of rotatable bonds is 3. The van der Waals surface area contributed by atoms with Gasteiger partial charge in [-0.15, -0.1) is 0 Å². The fourth-order valence-electron chi connectivity index (χ4n) is 2.58. The van der Waals surface area contributed by atoms with Crippen LogP contribution in [-0.4, -0.2) is 32.2 Å². The molecule has 1 saturated carbocycles. The van der Waals surface area contributed by atoms with Crippen molar-refractivity contribution in [3.63, 3.8) is 0 Å². The van der Waals surface area contributed by atoms with Crippen LogP contribution >= 0.6 is 0 Å². The van der Waals surface area contributed by atoms with Gasteiger partial charge in [0.2, 0.25) is 0 Å². The number of anilines is 2. The fourth-order valence-corrected chi connectivity index (χ4v) is 2.58. The van der Waals surface area contributed by atoms with Gasteiger partial charge in [0.1, 0.15) is 0 Å². The van der Waals surface area contributed by atoms with E-state index >= 15 is 0 Å². The quantitative estimate of drug-likeness (QED) is 0.796. The van der Waals surface area contributed by atoms with Crippen molar-refractivity contribution in [2.75, 3.05) is 11.1 Å². The minimum Gasteiger partial charge on any atom is -0.393 e. The van der Waals surface area contributed by atoms with E-state index in [4.69, 9.17) is 5.73 Å². The predicted molar refractivity (Wildman–Crippen MR) is 81.6 cm³/mol. The van der Waals surface area contributed by atoms with Gasteiger partial charge >= 0.3 is 0 Å². The van der Waals surface area contributed by atoms with Crippen molar-refractivity contribution < 1.29 is 5.11 Å². The highest BCUT2D eigenvalue weighted by molar-refractivity contribution is 5.65. The number of pyridine rings is 1. The molecule has 0 unspecified atom stereocenters. The van der Waals surface area contributed by atoms with Gasteiger partial charge in [-0.25, -0.2) is 9.97 Å². The normalized spacial score (nSPS) is 22.0. The third-order valence-corrected chi connectivity index (χ3v) is 3.81. The summed E-state index contributed by atoms with van der Waals surface area (Å²) in [5.74, 6) is 1.02. The Balaban J connectivity index is 1.79. The number of nitrogens with one attached hydrogen (secondary N) is 1. The van der Waals surface area contributed by atoms with Gasteiger partial charge in [0, 0.05) is 24.0 Å². The maximum Gasteiger partial charge on any atom is 0.169 e. The predicted octanol–water partition coefficient (Wildman–Crippen LogP) is 1.84. The smallest absolute Gasteiger partial charge is 0.169 e. The molecule has 0 atom stereocenters. The van der Waals surface area contributed by atoms with E-state index in [0.29, 0.717) is 11.6 Å². The lowest BCUT2D eigenvalue weighted by Crippen LogP contribution is -2.29. The van der Waals surface area contributed by atoms with Crippen LogP contribution in [0.1, 0.15) is 25.7 Å². The molecule has 1 aliphatic rings. The van der Waals surface area contributed by atoms with Crippen LogP contribution in [0.2, 0.25) is 0 Å². The number of nitrogens with zero attached hydrogens (tertiary/aromatic N) is 3. The molecule has 0 saturated heterocycles. The van der Waals surface area contributed by atoms with Gasteiger partial charge in [0.15, 0.2) is 11.6 Å². The SMILES string of the molecule is Nc1ncc(-c2ccncc2)nc1N[C@H]1CC[C@H](O)CC1. The number of hydrogen-bond acceptors (Lipinski definition) is 6. The molecule has 21 heavy (non-hydrogen) atoms. The van der Waals surface area contributed by atoms with Gasteiger partial charge in [0.25, 0.3) is 0 Å². The molecule has 6 heteroatoms. The van der Waals surface area contributed by atoms with Crippen LogP contribution in [0.25, 0.3) is 11.3 Å². The highest BCUT2D eigenvalue weighted by Crippen LogP contribution is 2.25. The van der Waals surface area contributed by atoms with Crippen LogP contribution in [0.5, 0.6) is 0 Å². The van der Waals surface area contributed by atoms with Crippen LogP contribution in [0.3, 0.4) is 0 Å². The van der Waals surface area contributed by atoms with Crippen molar-refractivity contribution in [3.05, 3.63) is 30.7 Å². The first-order valence-electron chi connectivity index (χ1n) is 7.20. The number of aliphatic hydroxyl groups excluding tert-OH is 1. The molecular formula is C15H19N5O. The van der Waals surface area contributed by atoms with Crippen molar-refractivity contribution in [2.24, 2.45) is 0 Å². The Morgan fingerprint density at radius 2 is 1.86 bits per heavy atom. The highest BCUT2D eigenvalue weighted by Gasteiger charge is 2.20. The summed E-state index contributed by atoms with van der Waals surface area (Å²) in [6.07, 6.45) is 8.41. The zero-order chi connectivity index (χ0) is 14.7. The van der Waals surface area contributed by atoms with Crippen molar-refractivity contribution in [1.29, 1.82) is 0 Å². The van der Waals surface area contributed by atoms with Crippen LogP contribution in [0.4, 0.5) is 11.6 Å². The summed E-state index contributed by atoms with van der Waals surface area (Å²) >= 11 is 0. The Morgan fingerprint density at radius 1 is 1.14 bits per heavy atom. The standard InChI is InChI=1S/C15H19N5O/c16-14-15(19-11-1-3-12(21)4-2-11)20-13(9-18-14)10-5-7-17-8-6-10/h5-9,11-12,21H,1-4H2,(H2,16,18)(H,19,20)/t11-,12-. The summed E-state index contributed by atoms with van der Waals surface area (Å²) in [4.78, 5) is 12.8. The summed E-state index contributed by atoms with van der Waals surface area (Å²) in [6.45, 7) is 0. The lowest BCUT2D eigenvalue weighted by Gasteiger charge is -2.26. The molecule has 3 rings (SSSR count). The molecule has 0 aliphatic heterocycles. The average molecular weight is 285 g/mol. The average Bonchev–Trinajstić information content (AvgIpc) is 2.52. The first kappa shape index (κ1) is 13.8. The molecule has 2 aromatic heterocycles. The van der Waals surface area contributed by atoms with Crippen molar-refractivity contribution in [1.82, 2.24) is 15.0 Å². The Kier molecular flexibility index (Phi) is 3.96. The van der Waals surface area contributed by atoms with E-state index < -0.39 is 0 Å². The number of hydrogen-bond donors (Lipinski definition) is 3. The van der Waals surface area contributed by atoms with Gasteiger partial charge in [-0.1, -0.05) is 0 Å². The minimum atomic E-state index is -0.172. The second-order valence-corrected chi connectivity index (χ2v) is 5.37. The second kappa shape index (κ2) is 6.05. The highest BCUT2D eigenvalue weighted by atomic mass is 16.3. The largest absolute Gasteiger partial charge is 0.393 e. The van der Waals surface area contributed by atoms with E-state index in [9.17, 15) is 5.11 Å². The molecule has 4 N–H and O–H groups in total. The van der Waals surface area contributed by atoms with E-state index in [1.165, 1.54) is 0 Å². The fraction of sp³-hybridized carbons (Fsp3) is 0.400. The maximum atomic E-state index is 9.55. The van der Waals surface area contributed by atoms with Crippen molar-refractivity contribution in [3.8, 4) is 11.3 Å². The molecular weight excluding hydrogens is 266 g/mol. The second-order valence-electron chi connectivity index (χ2n) is 5.37. The van der Waals surface area contributed by atoms with Crippen LogP contribution < -0.4 is 11.1 Å². The summed E-state index contributed by atoms with van der Waals surface area (Å²) in [7, 11) is 0. The third-order valence-electron chi connectivity index (χ3n) is 3.81. The number of aliphatic hydroxyl groups is 1. The topological polar surface area (TPSA) is 97.0 Å². The van der Waals surface area contributed by atoms with Crippen molar-refractivity contribution in [2.45, 2.75) is 37.8 Å². The molecule has 0 bridgehead atoms. The zero-order valence-electron chi connectivity index (χ0n) is 11.7. The summed E-state index contributed by atoms with van der Waals surface area (Å²) in [5, 5.41) is 12.9. The third kappa shape index (κ3) is 3.28. The number of nitrogens with two attached hydrogens (primary N) is 1. The Hall–Kier alpha value is -2.21. The molecule has 2 heterocycles. The van der Waals surface area contributed by atoms with Crippen LogP contribution in [0.15, 0.2) is 30.7 Å². The van der Waals surface area contributed by atoms with Gasteiger partial charge in [-0.2, -0.15) is 0 Å². The number of nitrogen functional groups attached to an aromatic ring is 1. The van der Waals surface area contributed by atoms with Gasteiger partial charge in [-0.3, -0.25) is 4.98 Å². The molecule has 110 valence electrons. The van der Waals surface area contributed by atoms with E-state index in [1.54, 1.807) is 18.6 Å². The van der Waals surface area contributed by atoms with Gasteiger partial charge in [-0.05, 0) is 37.8 Å². The Labute approximate surface area is 123 Å². The van der Waals surface area contributed by atoms with E-state index in [1.807, 2.05) is 12.1 Å². The maximum absolute atomic E-state index is 9.55. The summed E-state index contributed by atoms with van der Waals surface area (Å²) < 4.78 is 0. The lowest BCUT2D eigenvalue weighted by atomic mass is 9.93.